The Balaban J connectivity index is 4.17. The van der Waals surface area contributed by atoms with E-state index in [-0.39, 0.29) is 5.91 Å². The molecule has 0 heterocycles. The predicted molar refractivity (Wildman–Crippen MR) is 50.1 cm³/mol. The molecule has 0 aliphatic rings. The molecule has 0 unspecified atom stereocenters. The van der Waals surface area contributed by atoms with Gasteiger partial charge in [-0.1, -0.05) is 6.08 Å². The van der Waals surface area contributed by atoms with Gasteiger partial charge in [0.25, 0.3) is 0 Å². The molecule has 0 aromatic carbocycles. The fraction of sp³-hybridized carbons (Fsp3) is 0.333. The van der Waals surface area contributed by atoms with Gasteiger partial charge in [-0.25, -0.2) is 0 Å². The van der Waals surface area contributed by atoms with E-state index in [0.29, 0.717) is 0 Å². The average molecular weight is 166 g/mol. The lowest BCUT2D eigenvalue weighted by Crippen LogP contribution is -2.16. The van der Waals surface area contributed by atoms with E-state index >= 15 is 0 Å². The van der Waals surface area contributed by atoms with Crippen molar-refractivity contribution >= 4 is 12.1 Å². The third-order valence-corrected chi connectivity index (χ3v) is 1.20. The van der Waals surface area contributed by atoms with Gasteiger partial charge < -0.3 is 10.7 Å². The minimum atomic E-state index is -0.0790. The molecule has 0 aromatic rings. The lowest BCUT2D eigenvalue weighted by molar-refractivity contribution is -0.118. The highest BCUT2D eigenvalue weighted by Gasteiger charge is 1.89. The molecule has 0 radical (unpaired) electrons. The maximum atomic E-state index is 10.6. The summed E-state index contributed by atoms with van der Waals surface area (Å²) >= 11 is 0. The summed E-state index contributed by atoms with van der Waals surface area (Å²) in [4.78, 5) is 10.6. The van der Waals surface area contributed by atoms with Crippen molar-refractivity contribution in [1.29, 1.82) is 5.41 Å². The number of hydrogen-bond donors (Lipinski definition) is 2. The first-order chi connectivity index (χ1) is 5.56. The fourth-order valence-electron chi connectivity index (χ4n) is 0.624. The highest BCUT2D eigenvalue weighted by atomic mass is 16.1. The summed E-state index contributed by atoms with van der Waals surface area (Å²) in [6, 6.07) is 0. The smallest absolute Gasteiger partial charge is 0.220 e. The molecule has 0 saturated carbocycles. The molecule has 0 rings (SSSR count). The Bertz CT molecular complexity index is 239. The Morgan fingerprint density at radius 3 is 2.25 bits per heavy atom. The largest absolute Gasteiger partial charge is 0.330 e. The van der Waals surface area contributed by atoms with E-state index in [1.165, 1.54) is 13.1 Å². The van der Waals surface area contributed by atoms with Crippen molar-refractivity contribution in [3.8, 4) is 0 Å². The summed E-state index contributed by atoms with van der Waals surface area (Å²) in [5, 5.41) is 9.51. The summed E-state index contributed by atoms with van der Waals surface area (Å²) in [6.07, 6.45) is 4.80. The first-order valence-electron chi connectivity index (χ1n) is 3.69. The van der Waals surface area contributed by atoms with Gasteiger partial charge in [0.15, 0.2) is 0 Å². The molecular formula is C9H14N2O. The van der Waals surface area contributed by atoms with Crippen molar-refractivity contribution in [2.75, 3.05) is 0 Å². The molecule has 12 heavy (non-hydrogen) atoms. The van der Waals surface area contributed by atoms with Crippen LogP contribution >= 0.6 is 0 Å². The molecular weight excluding hydrogens is 152 g/mol. The van der Waals surface area contributed by atoms with Crippen LogP contribution in [0.3, 0.4) is 0 Å². The third kappa shape index (κ3) is 5.41. The molecule has 3 heteroatoms. The fourth-order valence-corrected chi connectivity index (χ4v) is 0.624. The van der Waals surface area contributed by atoms with E-state index in [0.717, 1.165) is 11.3 Å². The molecule has 3 nitrogen and oxygen atoms in total. The number of nitrogens with one attached hydrogen (secondary N) is 2. The standard InChI is InChI=1S/C9H14N2O/c1-7(6-10)4-5-8(2)11-9(3)12/h4-6,10H,1-3H3,(H,11,12)/b7-4+,8-5+,10-6?. The van der Waals surface area contributed by atoms with Gasteiger partial charge in [-0.2, -0.15) is 0 Å². The highest BCUT2D eigenvalue weighted by molar-refractivity contribution is 5.76. The van der Waals surface area contributed by atoms with Crippen LogP contribution in [0, 0.1) is 5.41 Å². The summed E-state index contributed by atoms with van der Waals surface area (Å²) in [7, 11) is 0. The van der Waals surface area contributed by atoms with Gasteiger partial charge in [-0.15, -0.1) is 0 Å². The summed E-state index contributed by atoms with van der Waals surface area (Å²) in [5.74, 6) is -0.0790. The zero-order valence-electron chi connectivity index (χ0n) is 7.64. The second-order valence-electron chi connectivity index (χ2n) is 2.59. The summed E-state index contributed by atoms with van der Waals surface area (Å²) < 4.78 is 0. The molecule has 0 fully saturated rings. The third-order valence-electron chi connectivity index (χ3n) is 1.20. The van der Waals surface area contributed by atoms with Crippen LogP contribution in [0.1, 0.15) is 20.8 Å². The molecule has 1 amide bonds. The minimum Gasteiger partial charge on any atom is -0.330 e. The normalized spacial score (nSPS) is 12.6. The second-order valence-corrected chi connectivity index (χ2v) is 2.59. The van der Waals surface area contributed by atoms with Crippen molar-refractivity contribution < 1.29 is 4.79 Å². The van der Waals surface area contributed by atoms with Gasteiger partial charge >= 0.3 is 0 Å². The van der Waals surface area contributed by atoms with E-state index in [9.17, 15) is 4.79 Å². The molecule has 0 aliphatic heterocycles. The monoisotopic (exact) mass is 166 g/mol. The van der Waals surface area contributed by atoms with Gasteiger partial charge in [0.05, 0.1) is 0 Å². The van der Waals surface area contributed by atoms with Gasteiger partial charge in [-0.3, -0.25) is 4.79 Å². The van der Waals surface area contributed by atoms with Crippen LogP contribution in [0.25, 0.3) is 0 Å². The van der Waals surface area contributed by atoms with Crippen molar-refractivity contribution in [2.45, 2.75) is 20.8 Å². The quantitative estimate of drug-likeness (QED) is 0.486. The Morgan fingerprint density at radius 1 is 1.25 bits per heavy atom. The van der Waals surface area contributed by atoms with E-state index in [2.05, 4.69) is 5.32 Å². The zero-order valence-corrected chi connectivity index (χ0v) is 7.64. The topological polar surface area (TPSA) is 53.0 Å². The Hall–Kier alpha value is -1.38. The van der Waals surface area contributed by atoms with Crippen LogP contribution in [0.2, 0.25) is 0 Å². The van der Waals surface area contributed by atoms with Gasteiger partial charge in [-0.05, 0) is 25.5 Å². The van der Waals surface area contributed by atoms with E-state index in [1.807, 2.05) is 6.92 Å². The van der Waals surface area contributed by atoms with Crippen molar-refractivity contribution in [1.82, 2.24) is 5.32 Å². The molecule has 0 saturated heterocycles. The van der Waals surface area contributed by atoms with E-state index < -0.39 is 0 Å². The van der Waals surface area contributed by atoms with E-state index in [4.69, 9.17) is 5.41 Å². The first-order valence-corrected chi connectivity index (χ1v) is 3.69. The number of hydrogen-bond acceptors (Lipinski definition) is 2. The summed E-state index contributed by atoms with van der Waals surface area (Å²) in [6.45, 7) is 5.09. The Labute approximate surface area is 72.7 Å². The molecule has 0 bridgehead atoms. The Morgan fingerprint density at radius 2 is 1.83 bits per heavy atom. The lowest BCUT2D eigenvalue weighted by Gasteiger charge is -1.98. The van der Waals surface area contributed by atoms with Gasteiger partial charge in [0.2, 0.25) is 5.91 Å². The molecule has 0 aromatic heterocycles. The molecule has 2 N–H and O–H groups in total. The van der Waals surface area contributed by atoms with Crippen LogP contribution < -0.4 is 5.32 Å². The van der Waals surface area contributed by atoms with Crippen molar-refractivity contribution in [3.63, 3.8) is 0 Å². The minimum absolute atomic E-state index is 0.0790. The second kappa shape index (κ2) is 5.29. The maximum Gasteiger partial charge on any atom is 0.220 e. The number of carbonyl (C=O) groups excluding carboxylic acids is 1. The molecule has 0 atom stereocenters. The Kier molecular flexibility index (Phi) is 4.69. The van der Waals surface area contributed by atoms with Crippen LogP contribution in [-0.2, 0) is 4.79 Å². The molecule has 66 valence electrons. The van der Waals surface area contributed by atoms with Gasteiger partial charge in [0.1, 0.15) is 0 Å². The SMILES string of the molecule is CC(=O)N/C(C)=C/C=C(\C)C=N. The van der Waals surface area contributed by atoms with Gasteiger partial charge in [0, 0.05) is 18.8 Å². The maximum absolute atomic E-state index is 10.6. The number of carbonyl (C=O) groups is 1. The number of allylic oxidation sites excluding steroid dienone is 4. The van der Waals surface area contributed by atoms with Crippen LogP contribution in [-0.4, -0.2) is 12.1 Å². The number of amides is 1. The zero-order chi connectivity index (χ0) is 9.56. The first kappa shape index (κ1) is 10.6. The van der Waals surface area contributed by atoms with E-state index in [1.54, 1.807) is 19.1 Å². The van der Waals surface area contributed by atoms with Crippen LogP contribution in [0.15, 0.2) is 23.4 Å². The van der Waals surface area contributed by atoms with Crippen LogP contribution in [0.4, 0.5) is 0 Å². The summed E-state index contributed by atoms with van der Waals surface area (Å²) in [5.41, 5.74) is 1.63. The highest BCUT2D eigenvalue weighted by Crippen LogP contribution is 1.92. The van der Waals surface area contributed by atoms with Crippen LogP contribution in [0.5, 0.6) is 0 Å². The number of rotatable bonds is 3. The molecule has 0 spiro atoms. The van der Waals surface area contributed by atoms with Crippen molar-refractivity contribution in [2.24, 2.45) is 0 Å². The average Bonchev–Trinajstić information content (AvgIpc) is 1.99. The van der Waals surface area contributed by atoms with Crippen molar-refractivity contribution in [3.05, 3.63) is 23.4 Å². The molecule has 0 aliphatic carbocycles. The predicted octanol–water partition coefficient (Wildman–Crippen LogP) is 1.62. The lowest BCUT2D eigenvalue weighted by atomic mass is 10.3.